The van der Waals surface area contributed by atoms with Crippen LogP contribution in [0.4, 0.5) is 11.6 Å². The fourth-order valence-electron chi connectivity index (χ4n) is 3.77. The van der Waals surface area contributed by atoms with Gasteiger partial charge in [-0.1, -0.05) is 0 Å². The number of pyridine rings is 1. The Labute approximate surface area is 162 Å². The first kappa shape index (κ1) is 16.8. The molecule has 0 aliphatic carbocycles. The third-order valence-corrected chi connectivity index (χ3v) is 5.28. The SMILES string of the molecule is CN(C)c1ccc2nnc(C3CCN(c4ncnc5ncccc45)CC3)n2n1. The molecule has 0 unspecified atom stereocenters. The van der Waals surface area contributed by atoms with Gasteiger partial charge in [-0.05, 0) is 37.1 Å². The van der Waals surface area contributed by atoms with Gasteiger partial charge in [0.15, 0.2) is 17.1 Å². The van der Waals surface area contributed by atoms with Gasteiger partial charge < -0.3 is 9.80 Å². The van der Waals surface area contributed by atoms with Crippen LogP contribution in [-0.2, 0) is 0 Å². The van der Waals surface area contributed by atoms with Gasteiger partial charge in [0.25, 0.3) is 0 Å². The highest BCUT2D eigenvalue weighted by Crippen LogP contribution is 2.31. The van der Waals surface area contributed by atoms with Crippen molar-refractivity contribution in [2.45, 2.75) is 18.8 Å². The van der Waals surface area contributed by atoms with Gasteiger partial charge in [-0.25, -0.2) is 15.0 Å². The maximum atomic E-state index is 4.70. The third kappa shape index (κ3) is 2.79. The number of hydrogen-bond acceptors (Lipinski definition) is 8. The molecule has 28 heavy (non-hydrogen) atoms. The van der Waals surface area contributed by atoms with Crippen LogP contribution in [-0.4, -0.2) is 61.9 Å². The minimum Gasteiger partial charge on any atom is -0.361 e. The summed E-state index contributed by atoms with van der Waals surface area (Å²) >= 11 is 0. The molecule has 4 aromatic heterocycles. The molecule has 5 heterocycles. The van der Waals surface area contributed by atoms with Crippen molar-refractivity contribution >= 4 is 28.3 Å². The number of fused-ring (bicyclic) bond motifs is 2. The van der Waals surface area contributed by atoms with E-state index in [0.717, 1.165) is 60.1 Å². The average molecular weight is 375 g/mol. The summed E-state index contributed by atoms with van der Waals surface area (Å²) in [7, 11) is 3.97. The van der Waals surface area contributed by atoms with E-state index in [4.69, 9.17) is 5.10 Å². The Bertz CT molecular complexity index is 1120. The summed E-state index contributed by atoms with van der Waals surface area (Å²) in [4.78, 5) is 17.4. The highest BCUT2D eigenvalue weighted by Gasteiger charge is 2.26. The summed E-state index contributed by atoms with van der Waals surface area (Å²) < 4.78 is 1.89. The van der Waals surface area contributed by atoms with Crippen molar-refractivity contribution in [2.75, 3.05) is 37.0 Å². The second-order valence-electron chi connectivity index (χ2n) is 7.25. The van der Waals surface area contributed by atoms with E-state index in [0.29, 0.717) is 5.92 Å². The normalized spacial score (nSPS) is 15.4. The van der Waals surface area contributed by atoms with E-state index < -0.39 is 0 Å². The molecule has 5 rings (SSSR count). The van der Waals surface area contributed by atoms with E-state index in [-0.39, 0.29) is 0 Å². The molecule has 0 bridgehead atoms. The first-order valence-corrected chi connectivity index (χ1v) is 9.41. The van der Waals surface area contributed by atoms with Crippen LogP contribution in [0.1, 0.15) is 24.6 Å². The van der Waals surface area contributed by atoms with Gasteiger partial charge in [-0.2, -0.15) is 4.52 Å². The number of hydrogen-bond donors (Lipinski definition) is 0. The number of nitrogens with zero attached hydrogens (tertiary/aromatic N) is 9. The van der Waals surface area contributed by atoms with Crippen LogP contribution in [0.5, 0.6) is 0 Å². The minimum absolute atomic E-state index is 0.322. The molecule has 0 radical (unpaired) electrons. The molecule has 4 aromatic rings. The molecule has 0 atom stereocenters. The first-order chi connectivity index (χ1) is 13.7. The smallest absolute Gasteiger partial charge is 0.178 e. The van der Waals surface area contributed by atoms with E-state index in [1.54, 1.807) is 12.5 Å². The Kier molecular flexibility index (Phi) is 4.00. The Morgan fingerprint density at radius 2 is 1.86 bits per heavy atom. The standard InChI is InChI=1S/C19H21N9/c1-26(2)16-6-5-15-23-24-18(28(15)25-16)13-7-10-27(11-8-13)19-14-4-3-9-20-17(14)21-12-22-19/h3-6,9,12-13H,7-8,10-11H2,1-2H3. The monoisotopic (exact) mass is 375 g/mol. The van der Waals surface area contributed by atoms with Gasteiger partial charge in [0, 0.05) is 39.3 Å². The van der Waals surface area contributed by atoms with Crippen LogP contribution in [0, 0.1) is 0 Å². The van der Waals surface area contributed by atoms with Crippen molar-refractivity contribution in [1.82, 2.24) is 34.8 Å². The fourth-order valence-corrected chi connectivity index (χ4v) is 3.77. The van der Waals surface area contributed by atoms with Gasteiger partial charge >= 0.3 is 0 Å². The molecule has 1 saturated heterocycles. The Balaban J connectivity index is 1.40. The summed E-state index contributed by atoms with van der Waals surface area (Å²) in [5.41, 5.74) is 1.52. The molecule has 1 aliphatic rings. The molecular weight excluding hydrogens is 354 g/mol. The lowest BCUT2D eigenvalue weighted by Crippen LogP contribution is -2.34. The van der Waals surface area contributed by atoms with Crippen molar-refractivity contribution in [3.8, 4) is 0 Å². The molecule has 0 aromatic carbocycles. The van der Waals surface area contributed by atoms with Crippen LogP contribution in [0.25, 0.3) is 16.7 Å². The zero-order valence-corrected chi connectivity index (χ0v) is 15.9. The lowest BCUT2D eigenvalue weighted by atomic mass is 9.96. The fraction of sp³-hybridized carbons (Fsp3) is 0.368. The van der Waals surface area contributed by atoms with Gasteiger partial charge in [-0.3, -0.25) is 0 Å². The van der Waals surface area contributed by atoms with Crippen LogP contribution >= 0.6 is 0 Å². The zero-order valence-electron chi connectivity index (χ0n) is 15.9. The van der Waals surface area contributed by atoms with Gasteiger partial charge in [-0.15, -0.1) is 15.3 Å². The predicted molar refractivity (Wildman–Crippen MR) is 107 cm³/mol. The van der Waals surface area contributed by atoms with E-state index in [1.807, 2.05) is 47.8 Å². The Morgan fingerprint density at radius 1 is 1.00 bits per heavy atom. The summed E-state index contributed by atoms with van der Waals surface area (Å²) in [6.07, 6.45) is 5.30. The third-order valence-electron chi connectivity index (χ3n) is 5.28. The van der Waals surface area contributed by atoms with Crippen molar-refractivity contribution in [3.63, 3.8) is 0 Å². The van der Waals surface area contributed by atoms with Crippen molar-refractivity contribution < 1.29 is 0 Å². The zero-order chi connectivity index (χ0) is 19.1. The molecule has 0 saturated carbocycles. The predicted octanol–water partition coefficient (Wildman–Crippen LogP) is 1.91. The van der Waals surface area contributed by atoms with Crippen molar-refractivity contribution in [3.05, 3.63) is 42.6 Å². The summed E-state index contributed by atoms with van der Waals surface area (Å²) in [6.45, 7) is 1.79. The van der Waals surface area contributed by atoms with E-state index in [9.17, 15) is 0 Å². The molecule has 142 valence electrons. The lowest BCUT2D eigenvalue weighted by Gasteiger charge is -2.32. The highest BCUT2D eigenvalue weighted by atomic mass is 15.4. The first-order valence-electron chi connectivity index (χ1n) is 9.41. The van der Waals surface area contributed by atoms with Gasteiger partial charge in [0.2, 0.25) is 0 Å². The van der Waals surface area contributed by atoms with E-state index in [1.165, 1.54) is 0 Å². The molecule has 9 heteroatoms. The Hall–Kier alpha value is -3.36. The number of rotatable bonds is 3. The molecule has 1 aliphatic heterocycles. The lowest BCUT2D eigenvalue weighted by molar-refractivity contribution is 0.476. The van der Waals surface area contributed by atoms with Crippen LogP contribution < -0.4 is 9.80 Å². The van der Waals surface area contributed by atoms with E-state index >= 15 is 0 Å². The maximum Gasteiger partial charge on any atom is 0.178 e. The quantitative estimate of drug-likeness (QED) is 0.537. The average Bonchev–Trinajstić information content (AvgIpc) is 3.17. The van der Waals surface area contributed by atoms with Gasteiger partial charge in [0.05, 0.1) is 5.39 Å². The van der Waals surface area contributed by atoms with Crippen molar-refractivity contribution in [2.24, 2.45) is 0 Å². The summed E-state index contributed by atoms with van der Waals surface area (Å²) in [6, 6.07) is 7.89. The molecule has 9 nitrogen and oxygen atoms in total. The minimum atomic E-state index is 0.322. The van der Waals surface area contributed by atoms with E-state index in [2.05, 4.69) is 30.0 Å². The Morgan fingerprint density at radius 3 is 2.68 bits per heavy atom. The largest absolute Gasteiger partial charge is 0.361 e. The summed E-state index contributed by atoms with van der Waals surface area (Å²) in [5, 5.41) is 14.4. The second-order valence-corrected chi connectivity index (χ2v) is 7.25. The topological polar surface area (TPSA) is 88.2 Å². The molecular formula is C19H21N9. The molecule has 1 fully saturated rings. The van der Waals surface area contributed by atoms with Crippen LogP contribution in [0.3, 0.4) is 0 Å². The molecule has 0 N–H and O–H groups in total. The maximum absolute atomic E-state index is 4.70. The highest BCUT2D eigenvalue weighted by molar-refractivity contribution is 5.86. The van der Waals surface area contributed by atoms with Gasteiger partial charge in [0.1, 0.15) is 18.0 Å². The van der Waals surface area contributed by atoms with Crippen LogP contribution in [0.15, 0.2) is 36.8 Å². The van der Waals surface area contributed by atoms with Crippen LogP contribution in [0.2, 0.25) is 0 Å². The second kappa shape index (κ2) is 6.66. The number of aromatic nitrogens is 7. The molecule has 0 spiro atoms. The summed E-state index contributed by atoms with van der Waals surface area (Å²) in [5.74, 6) is 3.11. The molecule has 0 amide bonds. The number of piperidine rings is 1. The number of anilines is 2. The van der Waals surface area contributed by atoms with Crippen molar-refractivity contribution in [1.29, 1.82) is 0 Å².